The van der Waals surface area contributed by atoms with Gasteiger partial charge in [-0.3, -0.25) is 4.79 Å². The molecule has 0 bridgehead atoms. The maximum atomic E-state index is 10.5. The zero-order chi connectivity index (χ0) is 9.26. The van der Waals surface area contributed by atoms with Gasteiger partial charge in [0.25, 0.3) is 0 Å². The Labute approximate surface area is 76.8 Å². The lowest BCUT2D eigenvalue weighted by Crippen LogP contribution is -2.30. The average Bonchev–Trinajstić information content (AvgIpc) is 2.16. The van der Waals surface area contributed by atoms with Crippen LogP contribution in [0.15, 0.2) is 40.7 Å². The van der Waals surface area contributed by atoms with Crippen LogP contribution in [0.25, 0.3) is 0 Å². The number of nitrogens with zero attached hydrogens (tertiary/aromatic N) is 2. The Bertz CT molecular complexity index is 361. The maximum Gasteiger partial charge on any atom is 0.149 e. The minimum atomic E-state index is 0.629. The van der Waals surface area contributed by atoms with Crippen LogP contribution in [-0.4, -0.2) is 23.6 Å². The van der Waals surface area contributed by atoms with E-state index in [2.05, 4.69) is 4.99 Å². The fourth-order valence-electron chi connectivity index (χ4n) is 1.35. The Kier molecular flexibility index (Phi) is 1.85. The quantitative estimate of drug-likeness (QED) is 0.560. The van der Waals surface area contributed by atoms with E-state index in [9.17, 15) is 4.79 Å². The lowest BCUT2D eigenvalue weighted by atomic mass is 10.1. The first-order chi connectivity index (χ1) is 6.29. The van der Waals surface area contributed by atoms with Gasteiger partial charge < -0.3 is 4.90 Å². The molecule has 13 heavy (non-hydrogen) atoms. The summed E-state index contributed by atoms with van der Waals surface area (Å²) < 4.78 is 0. The van der Waals surface area contributed by atoms with Gasteiger partial charge in [0.15, 0.2) is 0 Å². The minimum Gasteiger partial charge on any atom is -0.328 e. The second kappa shape index (κ2) is 3.01. The Balaban J connectivity index is 2.31. The van der Waals surface area contributed by atoms with Crippen molar-refractivity contribution < 1.29 is 4.79 Å². The zero-order valence-corrected chi connectivity index (χ0v) is 7.40. The van der Waals surface area contributed by atoms with Crippen LogP contribution in [0.2, 0.25) is 0 Å². The van der Waals surface area contributed by atoms with E-state index in [0.717, 1.165) is 12.1 Å². The lowest BCUT2D eigenvalue weighted by molar-refractivity contribution is -0.105. The highest BCUT2D eigenvalue weighted by molar-refractivity contribution is 5.97. The molecule has 0 spiro atoms. The number of rotatable bonds is 1. The SMILES string of the molecule is CC1=CN2CC(C=O)=CN=C2C=C1. The van der Waals surface area contributed by atoms with Crippen molar-refractivity contribution in [2.45, 2.75) is 6.92 Å². The molecule has 0 unspecified atom stereocenters. The van der Waals surface area contributed by atoms with Gasteiger partial charge in [0.1, 0.15) is 12.1 Å². The van der Waals surface area contributed by atoms with Gasteiger partial charge in [0.05, 0.1) is 6.54 Å². The Morgan fingerprint density at radius 3 is 3.15 bits per heavy atom. The van der Waals surface area contributed by atoms with E-state index in [4.69, 9.17) is 0 Å². The molecule has 3 heteroatoms. The topological polar surface area (TPSA) is 32.7 Å². The molecular weight excluding hydrogens is 164 g/mol. The standard InChI is InChI=1S/C10H10N2O/c1-8-2-3-10-11-4-9(7-13)6-12(10)5-8/h2-5,7H,6H2,1H3. The molecule has 2 heterocycles. The van der Waals surface area contributed by atoms with Crippen LogP contribution in [0.5, 0.6) is 0 Å². The number of allylic oxidation sites excluding steroid dienone is 2. The van der Waals surface area contributed by atoms with Crippen molar-refractivity contribution in [3.8, 4) is 0 Å². The van der Waals surface area contributed by atoms with Crippen molar-refractivity contribution in [1.29, 1.82) is 0 Å². The summed E-state index contributed by atoms with van der Waals surface area (Å²) >= 11 is 0. The highest BCUT2D eigenvalue weighted by Gasteiger charge is 2.14. The Morgan fingerprint density at radius 2 is 2.38 bits per heavy atom. The smallest absolute Gasteiger partial charge is 0.149 e. The van der Waals surface area contributed by atoms with Gasteiger partial charge in [-0.25, -0.2) is 4.99 Å². The number of fused-ring (bicyclic) bond motifs is 1. The second-order valence-corrected chi connectivity index (χ2v) is 3.14. The van der Waals surface area contributed by atoms with Crippen molar-refractivity contribution in [2.75, 3.05) is 6.54 Å². The van der Waals surface area contributed by atoms with E-state index >= 15 is 0 Å². The second-order valence-electron chi connectivity index (χ2n) is 3.14. The summed E-state index contributed by atoms with van der Waals surface area (Å²) in [5.74, 6) is 0.899. The number of aliphatic imine (C=N–C) groups is 1. The molecule has 0 saturated carbocycles. The molecule has 0 amide bonds. The van der Waals surface area contributed by atoms with Crippen LogP contribution >= 0.6 is 0 Å². The average molecular weight is 174 g/mol. The molecule has 0 fully saturated rings. The molecule has 66 valence electrons. The van der Waals surface area contributed by atoms with E-state index in [1.165, 1.54) is 5.57 Å². The number of hydrogen-bond donors (Lipinski definition) is 0. The number of carbonyl (C=O) groups excluding carboxylic acids is 1. The first-order valence-corrected chi connectivity index (χ1v) is 4.15. The van der Waals surface area contributed by atoms with Gasteiger partial charge in [-0.1, -0.05) is 6.08 Å². The van der Waals surface area contributed by atoms with Crippen molar-refractivity contribution in [2.24, 2.45) is 4.99 Å². The zero-order valence-electron chi connectivity index (χ0n) is 7.40. The van der Waals surface area contributed by atoms with E-state index in [0.29, 0.717) is 12.1 Å². The van der Waals surface area contributed by atoms with Crippen LogP contribution in [-0.2, 0) is 4.79 Å². The van der Waals surface area contributed by atoms with Crippen LogP contribution < -0.4 is 0 Å². The molecule has 2 rings (SSSR count). The third-order valence-electron chi connectivity index (χ3n) is 2.02. The first-order valence-electron chi connectivity index (χ1n) is 4.15. The molecule has 2 aliphatic rings. The summed E-state index contributed by atoms with van der Waals surface area (Å²) in [6.07, 6.45) is 8.43. The number of amidine groups is 1. The number of aldehydes is 1. The van der Waals surface area contributed by atoms with Crippen LogP contribution in [0.3, 0.4) is 0 Å². The fraction of sp³-hybridized carbons (Fsp3) is 0.200. The van der Waals surface area contributed by atoms with Crippen LogP contribution in [0.4, 0.5) is 0 Å². The fourth-order valence-corrected chi connectivity index (χ4v) is 1.35. The predicted molar refractivity (Wildman–Crippen MR) is 51.2 cm³/mol. The summed E-state index contributed by atoms with van der Waals surface area (Å²) in [6.45, 7) is 2.65. The molecule has 0 aromatic carbocycles. The Hall–Kier alpha value is -1.64. The largest absolute Gasteiger partial charge is 0.328 e. The summed E-state index contributed by atoms with van der Waals surface area (Å²) in [6, 6.07) is 0. The third kappa shape index (κ3) is 1.45. The minimum absolute atomic E-state index is 0.629. The Morgan fingerprint density at radius 1 is 1.54 bits per heavy atom. The van der Waals surface area contributed by atoms with Gasteiger partial charge in [-0.05, 0) is 18.6 Å². The van der Waals surface area contributed by atoms with Gasteiger partial charge in [0.2, 0.25) is 0 Å². The van der Waals surface area contributed by atoms with Crippen molar-refractivity contribution in [3.63, 3.8) is 0 Å². The summed E-state index contributed by atoms with van der Waals surface area (Å²) in [5.41, 5.74) is 1.88. The molecule has 3 nitrogen and oxygen atoms in total. The summed E-state index contributed by atoms with van der Waals surface area (Å²) in [4.78, 5) is 16.6. The molecular formula is C10H10N2O. The van der Waals surface area contributed by atoms with Gasteiger partial charge in [0, 0.05) is 18.0 Å². The summed E-state index contributed by atoms with van der Waals surface area (Å²) in [5, 5.41) is 0. The first kappa shape index (κ1) is 7.98. The van der Waals surface area contributed by atoms with E-state index in [-0.39, 0.29) is 0 Å². The number of hydrogen-bond acceptors (Lipinski definition) is 3. The van der Waals surface area contributed by atoms with Crippen LogP contribution in [0, 0.1) is 0 Å². The predicted octanol–water partition coefficient (Wildman–Crippen LogP) is 1.26. The normalized spacial score (nSPS) is 20.1. The monoisotopic (exact) mass is 174 g/mol. The maximum absolute atomic E-state index is 10.5. The van der Waals surface area contributed by atoms with E-state index in [1.807, 2.05) is 30.2 Å². The van der Waals surface area contributed by atoms with Crippen LogP contribution in [0.1, 0.15) is 6.92 Å². The highest BCUT2D eigenvalue weighted by atomic mass is 16.1. The highest BCUT2D eigenvalue weighted by Crippen LogP contribution is 2.14. The van der Waals surface area contributed by atoms with Crippen molar-refractivity contribution in [1.82, 2.24) is 4.90 Å². The van der Waals surface area contributed by atoms with Gasteiger partial charge >= 0.3 is 0 Å². The van der Waals surface area contributed by atoms with Crippen molar-refractivity contribution >= 4 is 12.1 Å². The molecule has 0 saturated heterocycles. The lowest BCUT2D eigenvalue weighted by Gasteiger charge is -2.25. The third-order valence-corrected chi connectivity index (χ3v) is 2.02. The van der Waals surface area contributed by atoms with Gasteiger partial charge in [-0.2, -0.15) is 0 Å². The van der Waals surface area contributed by atoms with Gasteiger partial charge in [-0.15, -0.1) is 0 Å². The molecule has 0 aromatic heterocycles. The van der Waals surface area contributed by atoms with E-state index < -0.39 is 0 Å². The number of carbonyl (C=O) groups is 1. The molecule has 0 N–H and O–H groups in total. The molecule has 0 aliphatic carbocycles. The molecule has 0 radical (unpaired) electrons. The van der Waals surface area contributed by atoms with E-state index in [1.54, 1.807) is 6.20 Å². The molecule has 0 atom stereocenters. The van der Waals surface area contributed by atoms with Crippen molar-refractivity contribution in [3.05, 3.63) is 35.7 Å². The molecule has 0 aromatic rings. The summed E-state index contributed by atoms with van der Waals surface area (Å²) in [7, 11) is 0. The molecule has 2 aliphatic heterocycles.